The summed E-state index contributed by atoms with van der Waals surface area (Å²) in [6.07, 6.45) is 0. The van der Waals surface area contributed by atoms with Crippen LogP contribution in [0.4, 0.5) is 10.8 Å². The number of amides is 1. The first kappa shape index (κ1) is 20.7. The zero-order valence-corrected chi connectivity index (χ0v) is 17.0. The molecule has 0 spiro atoms. The Bertz CT molecular complexity index is 1160. The molecule has 0 fully saturated rings. The fourth-order valence-electron chi connectivity index (χ4n) is 2.40. The van der Waals surface area contributed by atoms with Gasteiger partial charge in [0.15, 0.2) is 11.0 Å². The SMILES string of the molecule is Cl.O=C(CSc1n[nH]c(-c2ccccc2)n1)Nc1nc2ccc([N+](=O)[O-])cc2s1. The summed E-state index contributed by atoms with van der Waals surface area (Å²) in [5.74, 6) is 0.489. The van der Waals surface area contributed by atoms with E-state index in [1.165, 1.54) is 35.2 Å². The molecule has 1 amide bonds. The maximum atomic E-state index is 12.2. The normalized spacial score (nSPS) is 10.5. The number of non-ortho nitro benzene ring substituents is 1. The zero-order valence-electron chi connectivity index (χ0n) is 14.6. The lowest BCUT2D eigenvalue weighted by atomic mass is 10.2. The number of fused-ring (bicyclic) bond motifs is 1. The van der Waals surface area contributed by atoms with Crippen LogP contribution in [0.15, 0.2) is 53.7 Å². The van der Waals surface area contributed by atoms with Crippen molar-refractivity contribution >= 4 is 62.4 Å². The topological polar surface area (TPSA) is 127 Å². The zero-order chi connectivity index (χ0) is 19.5. The van der Waals surface area contributed by atoms with Gasteiger partial charge in [-0.1, -0.05) is 53.4 Å². The third-order valence-corrected chi connectivity index (χ3v) is 5.45. The van der Waals surface area contributed by atoms with Gasteiger partial charge in [-0.25, -0.2) is 9.97 Å². The number of aromatic nitrogens is 4. The van der Waals surface area contributed by atoms with Gasteiger partial charge in [0.25, 0.3) is 5.69 Å². The second-order valence-corrected chi connectivity index (χ2v) is 7.57. The Labute approximate surface area is 178 Å². The van der Waals surface area contributed by atoms with E-state index in [0.29, 0.717) is 26.3 Å². The van der Waals surface area contributed by atoms with Gasteiger partial charge in [-0.05, 0) is 6.07 Å². The number of hydrogen-bond donors (Lipinski definition) is 2. The van der Waals surface area contributed by atoms with Crippen molar-refractivity contribution < 1.29 is 9.72 Å². The van der Waals surface area contributed by atoms with E-state index in [1.54, 1.807) is 6.07 Å². The molecule has 29 heavy (non-hydrogen) atoms. The van der Waals surface area contributed by atoms with E-state index in [2.05, 4.69) is 25.5 Å². The molecule has 2 N–H and O–H groups in total. The number of thiazole rings is 1. The highest BCUT2D eigenvalue weighted by atomic mass is 35.5. The van der Waals surface area contributed by atoms with Gasteiger partial charge in [-0.3, -0.25) is 20.0 Å². The molecule has 0 saturated heterocycles. The van der Waals surface area contributed by atoms with Crippen molar-refractivity contribution in [2.75, 3.05) is 11.1 Å². The number of anilines is 1. The fraction of sp³-hybridized carbons (Fsp3) is 0.0588. The molecule has 12 heteroatoms. The van der Waals surface area contributed by atoms with Crippen LogP contribution in [0.5, 0.6) is 0 Å². The highest BCUT2D eigenvalue weighted by molar-refractivity contribution is 7.99. The van der Waals surface area contributed by atoms with Crippen LogP contribution in [-0.2, 0) is 4.79 Å². The summed E-state index contributed by atoms with van der Waals surface area (Å²) in [6, 6.07) is 14.0. The number of nitrogens with one attached hydrogen (secondary N) is 2. The number of thioether (sulfide) groups is 1. The molecule has 2 heterocycles. The predicted molar refractivity (Wildman–Crippen MR) is 115 cm³/mol. The first-order valence-corrected chi connectivity index (χ1v) is 9.84. The number of aromatic amines is 1. The van der Waals surface area contributed by atoms with Crippen LogP contribution >= 0.6 is 35.5 Å². The Morgan fingerprint density at radius 2 is 2.00 bits per heavy atom. The number of carbonyl (C=O) groups is 1. The summed E-state index contributed by atoms with van der Waals surface area (Å²) in [7, 11) is 0. The quantitative estimate of drug-likeness (QED) is 0.258. The Morgan fingerprint density at radius 1 is 1.21 bits per heavy atom. The van der Waals surface area contributed by atoms with Crippen LogP contribution in [0.3, 0.4) is 0 Å². The number of nitro benzene ring substituents is 1. The number of H-pyrrole nitrogens is 1. The van der Waals surface area contributed by atoms with Crippen molar-refractivity contribution in [2.45, 2.75) is 5.16 Å². The van der Waals surface area contributed by atoms with Gasteiger partial charge in [0, 0.05) is 17.7 Å². The van der Waals surface area contributed by atoms with Gasteiger partial charge in [0.2, 0.25) is 11.1 Å². The van der Waals surface area contributed by atoms with E-state index in [-0.39, 0.29) is 29.8 Å². The number of halogens is 1. The molecular formula is C17H13ClN6O3S2. The minimum atomic E-state index is -0.464. The Balaban J connectivity index is 0.00000240. The first-order chi connectivity index (χ1) is 13.6. The number of carbonyl (C=O) groups excluding carboxylic acids is 1. The lowest BCUT2D eigenvalue weighted by Gasteiger charge is -1.98. The molecule has 0 aliphatic heterocycles. The van der Waals surface area contributed by atoms with Crippen molar-refractivity contribution in [3.8, 4) is 11.4 Å². The minimum absolute atomic E-state index is 0. The Morgan fingerprint density at radius 3 is 2.76 bits per heavy atom. The average molecular weight is 449 g/mol. The lowest BCUT2D eigenvalue weighted by molar-refractivity contribution is -0.384. The average Bonchev–Trinajstić information content (AvgIpc) is 3.33. The molecule has 4 rings (SSSR count). The van der Waals surface area contributed by atoms with E-state index in [4.69, 9.17) is 0 Å². The number of nitrogens with zero attached hydrogens (tertiary/aromatic N) is 4. The highest BCUT2D eigenvalue weighted by Crippen LogP contribution is 2.29. The molecule has 0 atom stereocenters. The van der Waals surface area contributed by atoms with Crippen LogP contribution in [0.2, 0.25) is 0 Å². The summed E-state index contributed by atoms with van der Waals surface area (Å²) in [6.45, 7) is 0. The maximum absolute atomic E-state index is 12.2. The minimum Gasteiger partial charge on any atom is -0.301 e. The summed E-state index contributed by atoms with van der Waals surface area (Å²) in [5, 5.41) is 21.4. The van der Waals surface area contributed by atoms with Crippen LogP contribution in [0, 0.1) is 10.1 Å². The lowest BCUT2D eigenvalue weighted by Crippen LogP contribution is -2.13. The Kier molecular flexibility index (Phi) is 6.42. The van der Waals surface area contributed by atoms with Gasteiger partial charge in [-0.15, -0.1) is 17.5 Å². The van der Waals surface area contributed by atoms with Crippen LogP contribution in [0.25, 0.3) is 21.6 Å². The molecule has 4 aromatic rings. The van der Waals surface area contributed by atoms with Crippen LogP contribution < -0.4 is 5.32 Å². The smallest absolute Gasteiger partial charge is 0.270 e. The van der Waals surface area contributed by atoms with Crippen molar-refractivity contribution in [3.63, 3.8) is 0 Å². The molecule has 0 bridgehead atoms. The predicted octanol–water partition coefficient (Wildman–Crippen LogP) is 4.14. The number of nitro groups is 1. The summed E-state index contributed by atoms with van der Waals surface area (Å²) < 4.78 is 0.638. The molecule has 0 saturated carbocycles. The Hall–Kier alpha value is -3.02. The molecule has 9 nitrogen and oxygen atoms in total. The van der Waals surface area contributed by atoms with E-state index in [0.717, 1.165) is 5.56 Å². The second kappa shape index (κ2) is 8.99. The molecule has 148 valence electrons. The molecular weight excluding hydrogens is 436 g/mol. The van der Waals surface area contributed by atoms with Crippen molar-refractivity contribution in [2.24, 2.45) is 0 Å². The standard InChI is InChI=1S/C17H12N6O3S2.ClH/c24-14(9-27-17-20-15(21-22-17)10-4-2-1-3-5-10)19-16-18-12-7-6-11(23(25)26)8-13(12)28-16;/h1-8H,9H2,(H,18,19,24)(H,20,21,22);1H. The summed E-state index contributed by atoms with van der Waals surface area (Å²) in [5.41, 5.74) is 1.50. The van der Waals surface area contributed by atoms with Crippen LogP contribution in [0.1, 0.15) is 0 Å². The van der Waals surface area contributed by atoms with Gasteiger partial charge in [0.05, 0.1) is 20.9 Å². The monoisotopic (exact) mass is 448 g/mol. The summed E-state index contributed by atoms with van der Waals surface area (Å²) in [4.78, 5) is 31.2. The van der Waals surface area contributed by atoms with Crippen LogP contribution in [-0.4, -0.2) is 36.7 Å². The van der Waals surface area contributed by atoms with Gasteiger partial charge in [0.1, 0.15) is 0 Å². The maximum Gasteiger partial charge on any atom is 0.270 e. The number of rotatable bonds is 6. The highest BCUT2D eigenvalue weighted by Gasteiger charge is 2.13. The fourth-order valence-corrected chi connectivity index (χ4v) is 3.92. The van der Waals surface area contributed by atoms with Crippen molar-refractivity contribution in [1.82, 2.24) is 20.2 Å². The van der Waals surface area contributed by atoms with E-state index in [1.807, 2.05) is 30.3 Å². The molecule has 0 unspecified atom stereocenters. The molecule has 0 aliphatic rings. The summed E-state index contributed by atoms with van der Waals surface area (Å²) >= 11 is 2.38. The third-order valence-electron chi connectivity index (χ3n) is 3.67. The van der Waals surface area contributed by atoms with Gasteiger partial charge >= 0.3 is 0 Å². The van der Waals surface area contributed by atoms with Gasteiger partial charge < -0.3 is 5.32 Å². The molecule has 2 aromatic carbocycles. The van der Waals surface area contributed by atoms with E-state index < -0.39 is 4.92 Å². The largest absolute Gasteiger partial charge is 0.301 e. The molecule has 2 aromatic heterocycles. The molecule has 0 aliphatic carbocycles. The number of benzene rings is 2. The third kappa shape index (κ3) is 4.88. The van der Waals surface area contributed by atoms with E-state index in [9.17, 15) is 14.9 Å². The molecule has 0 radical (unpaired) electrons. The van der Waals surface area contributed by atoms with Crippen molar-refractivity contribution in [1.29, 1.82) is 0 Å². The second-order valence-electron chi connectivity index (χ2n) is 5.60. The van der Waals surface area contributed by atoms with E-state index >= 15 is 0 Å². The number of hydrogen-bond acceptors (Lipinski definition) is 8. The first-order valence-electron chi connectivity index (χ1n) is 8.04. The van der Waals surface area contributed by atoms with Gasteiger partial charge in [-0.2, -0.15) is 0 Å². The van der Waals surface area contributed by atoms with Crippen molar-refractivity contribution in [3.05, 3.63) is 58.6 Å².